The number of nitriles is 3. The molecule has 1 aromatic rings. The van der Waals surface area contributed by atoms with Crippen LogP contribution in [0.2, 0.25) is 0 Å². The molecule has 1 amide bonds. The van der Waals surface area contributed by atoms with Crippen molar-refractivity contribution in [2.75, 3.05) is 33.4 Å². The van der Waals surface area contributed by atoms with E-state index in [0.29, 0.717) is 29.2 Å². The zero-order valence-corrected chi connectivity index (χ0v) is 19.5. The minimum absolute atomic E-state index is 0.0811. The molecule has 9 nitrogen and oxygen atoms in total. The molecule has 1 aromatic carbocycles. The molecule has 2 N–H and O–H groups in total. The van der Waals surface area contributed by atoms with Crippen LogP contribution in [-0.2, 0) is 4.74 Å². The Morgan fingerprint density at radius 2 is 1.97 bits per heavy atom. The maximum Gasteiger partial charge on any atom is 0.410 e. The van der Waals surface area contributed by atoms with Gasteiger partial charge in [0.15, 0.2) is 16.9 Å². The fraction of sp³-hybridized carbons (Fsp3) is 0.440. The average molecular weight is 462 g/mol. The predicted octanol–water partition coefficient (Wildman–Crippen LogP) is 3.37. The Labute approximate surface area is 199 Å². The number of allylic oxidation sites excluding steroid dienone is 2. The maximum absolute atomic E-state index is 12.5. The third kappa shape index (κ3) is 4.00. The summed E-state index contributed by atoms with van der Waals surface area (Å²) in [5.74, 6) is -0.311. The maximum atomic E-state index is 12.5. The van der Waals surface area contributed by atoms with E-state index in [9.17, 15) is 20.6 Å². The fourth-order valence-corrected chi connectivity index (χ4v) is 4.63. The Kier molecular flexibility index (Phi) is 7.34. The molecule has 0 unspecified atom stereocenters. The molecule has 1 aliphatic carbocycles. The predicted molar refractivity (Wildman–Crippen MR) is 122 cm³/mol. The van der Waals surface area contributed by atoms with Crippen molar-refractivity contribution in [3.05, 3.63) is 46.7 Å². The first-order valence-electron chi connectivity index (χ1n) is 11.1. The lowest BCUT2D eigenvalue weighted by Crippen LogP contribution is -2.49. The Balaban J connectivity index is 2.21. The van der Waals surface area contributed by atoms with E-state index >= 15 is 0 Å². The molecular weight excluding hydrogens is 434 g/mol. The van der Waals surface area contributed by atoms with E-state index in [4.69, 9.17) is 19.9 Å². The Morgan fingerprint density at radius 3 is 2.56 bits per heavy atom. The molecule has 2 aliphatic rings. The normalized spacial score (nSPS) is 20.7. The molecule has 1 aliphatic heterocycles. The van der Waals surface area contributed by atoms with Gasteiger partial charge in [-0.1, -0.05) is 19.1 Å². The number of ether oxygens (including phenoxy) is 3. The zero-order chi connectivity index (χ0) is 24.9. The highest BCUT2D eigenvalue weighted by atomic mass is 16.6. The van der Waals surface area contributed by atoms with Crippen LogP contribution in [0.4, 0.5) is 4.79 Å². The van der Waals surface area contributed by atoms with Gasteiger partial charge in [-0.25, -0.2) is 4.79 Å². The number of fused-ring (bicyclic) bond motifs is 1. The lowest BCUT2D eigenvalue weighted by molar-refractivity contribution is 0.0999. The van der Waals surface area contributed by atoms with Gasteiger partial charge >= 0.3 is 6.09 Å². The summed E-state index contributed by atoms with van der Waals surface area (Å²) < 4.78 is 16.4. The summed E-state index contributed by atoms with van der Waals surface area (Å²) in [5.41, 5.74) is 5.80. The quantitative estimate of drug-likeness (QED) is 0.678. The molecule has 9 heteroatoms. The average Bonchev–Trinajstić information content (AvgIpc) is 2.86. The number of nitrogens with zero attached hydrogens (tertiary/aromatic N) is 4. The second-order valence-corrected chi connectivity index (χ2v) is 8.04. The summed E-state index contributed by atoms with van der Waals surface area (Å²) in [6.07, 6.45) is 2.06. The topological polar surface area (TPSA) is 145 Å². The number of methoxy groups -OCH3 is 1. The zero-order valence-electron chi connectivity index (χ0n) is 19.5. The van der Waals surface area contributed by atoms with Crippen LogP contribution in [0.25, 0.3) is 0 Å². The van der Waals surface area contributed by atoms with E-state index in [0.717, 1.165) is 6.42 Å². The number of carbonyl (C=O) groups is 1. The van der Waals surface area contributed by atoms with Crippen LogP contribution in [0.5, 0.6) is 11.5 Å². The van der Waals surface area contributed by atoms with E-state index in [1.54, 1.807) is 31.2 Å². The van der Waals surface area contributed by atoms with Crippen molar-refractivity contribution >= 4 is 6.09 Å². The molecule has 2 atom stereocenters. The number of nitrogens with two attached hydrogens (primary N) is 1. The van der Waals surface area contributed by atoms with Crippen molar-refractivity contribution in [1.82, 2.24) is 4.90 Å². The number of hydrogen-bond donors (Lipinski definition) is 1. The van der Waals surface area contributed by atoms with Crippen LogP contribution in [0, 0.1) is 45.3 Å². The van der Waals surface area contributed by atoms with E-state index < -0.39 is 23.3 Å². The van der Waals surface area contributed by atoms with Crippen LogP contribution in [0.3, 0.4) is 0 Å². The lowest BCUT2D eigenvalue weighted by Gasteiger charge is -2.45. The van der Waals surface area contributed by atoms with Crippen LogP contribution < -0.4 is 15.2 Å². The van der Waals surface area contributed by atoms with Crippen LogP contribution in [0.15, 0.2) is 41.1 Å². The lowest BCUT2D eigenvalue weighted by atomic mass is 9.58. The summed E-state index contributed by atoms with van der Waals surface area (Å²) in [5, 5.41) is 30.3. The summed E-state index contributed by atoms with van der Waals surface area (Å²) in [6.45, 7) is 4.82. The minimum atomic E-state index is -1.82. The standard InChI is InChI=1S/C25H27N5O4/c1-4-10-34-20-7-6-16(11-21(20)32-3)22-19-13-30(24(31)33-5-2)9-8-17(19)18(12-26)23(29)25(22,14-27)15-28/h6-8,11,19,22H,4-5,9-10,13,29H2,1-3H3/t19-,22+/m0/s1. The number of amides is 1. The van der Waals surface area contributed by atoms with Crippen LogP contribution >= 0.6 is 0 Å². The first-order valence-corrected chi connectivity index (χ1v) is 11.1. The molecule has 1 heterocycles. The summed E-state index contributed by atoms with van der Waals surface area (Å²) >= 11 is 0. The molecule has 0 fully saturated rings. The Morgan fingerprint density at radius 1 is 1.24 bits per heavy atom. The summed E-state index contributed by atoms with van der Waals surface area (Å²) in [6, 6.07) is 11.5. The molecule has 34 heavy (non-hydrogen) atoms. The summed E-state index contributed by atoms with van der Waals surface area (Å²) in [4.78, 5) is 14.0. The SMILES string of the molecule is CCCOc1ccc([C@@H]2[C@H]3CN(C(=O)OCC)CC=C3C(C#N)=C(N)C2(C#N)C#N)cc1OC. The van der Waals surface area contributed by atoms with Crippen LogP contribution in [0.1, 0.15) is 31.7 Å². The third-order valence-electron chi connectivity index (χ3n) is 6.20. The fourth-order valence-electron chi connectivity index (χ4n) is 4.63. The van der Waals surface area contributed by atoms with Gasteiger partial charge in [0.1, 0.15) is 6.07 Å². The molecule has 0 bridgehead atoms. The molecule has 176 valence electrons. The Bertz CT molecular complexity index is 1140. The van der Waals surface area contributed by atoms with E-state index in [1.165, 1.54) is 12.0 Å². The van der Waals surface area contributed by atoms with Gasteiger partial charge in [-0.3, -0.25) is 0 Å². The molecular formula is C25H27N5O4. The first kappa shape index (κ1) is 24.5. The Hall–Kier alpha value is -4.16. The highest BCUT2D eigenvalue weighted by Crippen LogP contribution is 2.54. The van der Waals surface area contributed by atoms with Gasteiger partial charge in [-0.05, 0) is 36.6 Å². The monoisotopic (exact) mass is 461 g/mol. The third-order valence-corrected chi connectivity index (χ3v) is 6.20. The van der Waals surface area contributed by atoms with Gasteiger partial charge in [0.2, 0.25) is 0 Å². The molecule has 3 rings (SSSR count). The van der Waals surface area contributed by atoms with E-state index in [1.807, 2.05) is 6.92 Å². The molecule has 0 saturated carbocycles. The number of rotatable bonds is 6. The second-order valence-electron chi connectivity index (χ2n) is 8.04. The van der Waals surface area contributed by atoms with Gasteiger partial charge < -0.3 is 24.8 Å². The van der Waals surface area contributed by atoms with E-state index in [-0.39, 0.29) is 31.0 Å². The van der Waals surface area contributed by atoms with Crippen molar-refractivity contribution in [3.8, 4) is 29.7 Å². The van der Waals surface area contributed by atoms with Crippen molar-refractivity contribution in [2.45, 2.75) is 26.2 Å². The van der Waals surface area contributed by atoms with Gasteiger partial charge in [0.05, 0.1) is 43.7 Å². The number of benzene rings is 1. The van der Waals surface area contributed by atoms with Gasteiger partial charge in [-0.15, -0.1) is 0 Å². The van der Waals surface area contributed by atoms with Gasteiger partial charge in [-0.2, -0.15) is 15.8 Å². The number of hydrogen-bond acceptors (Lipinski definition) is 8. The van der Waals surface area contributed by atoms with Gasteiger partial charge in [0.25, 0.3) is 0 Å². The van der Waals surface area contributed by atoms with Crippen molar-refractivity contribution in [3.63, 3.8) is 0 Å². The first-order chi connectivity index (χ1) is 16.4. The molecule has 0 saturated heterocycles. The van der Waals surface area contributed by atoms with Crippen molar-refractivity contribution in [1.29, 1.82) is 15.8 Å². The van der Waals surface area contributed by atoms with Crippen molar-refractivity contribution in [2.24, 2.45) is 17.1 Å². The molecule has 0 spiro atoms. The molecule has 0 aromatic heterocycles. The molecule has 0 radical (unpaired) electrons. The number of carbonyl (C=O) groups excluding carboxylic acids is 1. The second kappa shape index (κ2) is 10.2. The largest absolute Gasteiger partial charge is 0.493 e. The van der Waals surface area contributed by atoms with Gasteiger partial charge in [0, 0.05) is 24.9 Å². The highest BCUT2D eigenvalue weighted by molar-refractivity contribution is 5.69. The van der Waals surface area contributed by atoms with Crippen molar-refractivity contribution < 1.29 is 19.0 Å². The summed E-state index contributed by atoms with van der Waals surface area (Å²) in [7, 11) is 1.51. The minimum Gasteiger partial charge on any atom is -0.493 e. The smallest absolute Gasteiger partial charge is 0.410 e. The van der Waals surface area contributed by atoms with E-state index in [2.05, 4.69) is 18.2 Å². The van der Waals surface area contributed by atoms with Crippen LogP contribution in [-0.4, -0.2) is 44.4 Å². The highest BCUT2D eigenvalue weighted by Gasteiger charge is 2.55.